The minimum atomic E-state index is -0.106. The lowest BCUT2D eigenvalue weighted by Crippen LogP contribution is -2.28. The van der Waals surface area contributed by atoms with Crippen LogP contribution in [0.4, 0.5) is 4.39 Å². The zero-order valence-electron chi connectivity index (χ0n) is 8.00. The summed E-state index contributed by atoms with van der Waals surface area (Å²) in [4.78, 5) is 0. The first kappa shape index (κ1) is 9.99. The van der Waals surface area contributed by atoms with E-state index in [0.29, 0.717) is 12.6 Å². The van der Waals surface area contributed by atoms with Crippen LogP contribution in [0.5, 0.6) is 0 Å². The van der Waals surface area contributed by atoms with Crippen LogP contribution in [0.2, 0.25) is 0 Å². The van der Waals surface area contributed by atoms with Gasteiger partial charge in [-0.15, -0.1) is 0 Å². The van der Waals surface area contributed by atoms with Crippen LogP contribution in [0, 0.1) is 5.82 Å². The molecule has 1 nitrogen and oxygen atoms in total. The van der Waals surface area contributed by atoms with Gasteiger partial charge in [0.25, 0.3) is 0 Å². The molecule has 0 saturated carbocycles. The van der Waals surface area contributed by atoms with Gasteiger partial charge in [-0.05, 0) is 18.2 Å². The highest BCUT2D eigenvalue weighted by Gasteiger charge is 2.14. The summed E-state index contributed by atoms with van der Waals surface area (Å²) in [6.07, 6.45) is 1.21. The fraction of sp³-hybridized carbons (Fsp3) is 0.455. The Morgan fingerprint density at radius 2 is 2.29 bits per heavy atom. The van der Waals surface area contributed by atoms with Crippen LogP contribution in [-0.4, -0.2) is 17.5 Å². The van der Waals surface area contributed by atoms with Crippen LogP contribution in [-0.2, 0) is 6.54 Å². The summed E-state index contributed by atoms with van der Waals surface area (Å²) >= 11 is 1.97. The molecule has 1 N–H and O–H groups in total. The van der Waals surface area contributed by atoms with Crippen molar-refractivity contribution in [2.75, 3.05) is 11.5 Å². The largest absolute Gasteiger partial charge is 0.309 e. The molecule has 1 aromatic carbocycles. The maximum Gasteiger partial charge on any atom is 0.127 e. The fourth-order valence-corrected chi connectivity index (χ4v) is 2.78. The molecule has 0 aromatic heterocycles. The Morgan fingerprint density at radius 3 is 3.00 bits per heavy atom. The lowest BCUT2D eigenvalue weighted by Gasteiger charge is -2.11. The van der Waals surface area contributed by atoms with Gasteiger partial charge in [-0.3, -0.25) is 0 Å². The van der Waals surface area contributed by atoms with Crippen LogP contribution in [0.3, 0.4) is 0 Å². The van der Waals surface area contributed by atoms with Gasteiger partial charge in [0.05, 0.1) is 0 Å². The van der Waals surface area contributed by atoms with Crippen molar-refractivity contribution in [2.45, 2.75) is 19.0 Å². The van der Waals surface area contributed by atoms with Gasteiger partial charge in [0, 0.05) is 23.9 Å². The average Bonchev–Trinajstić information content (AvgIpc) is 2.69. The van der Waals surface area contributed by atoms with E-state index in [1.165, 1.54) is 18.2 Å². The molecule has 1 saturated heterocycles. The molecule has 1 atom stereocenters. The molecule has 14 heavy (non-hydrogen) atoms. The summed E-state index contributed by atoms with van der Waals surface area (Å²) in [6, 6.07) is 7.53. The lowest BCUT2D eigenvalue weighted by atomic mass is 10.2. The quantitative estimate of drug-likeness (QED) is 0.824. The maximum absolute atomic E-state index is 13.2. The first-order valence-corrected chi connectivity index (χ1v) is 6.06. The molecular formula is C11H14FNS. The molecule has 0 aliphatic carbocycles. The monoisotopic (exact) mass is 211 g/mol. The van der Waals surface area contributed by atoms with Crippen LogP contribution in [0.15, 0.2) is 24.3 Å². The van der Waals surface area contributed by atoms with E-state index in [0.717, 1.165) is 11.3 Å². The number of halogens is 1. The fourth-order valence-electron chi connectivity index (χ4n) is 1.59. The number of hydrogen-bond donors (Lipinski definition) is 1. The molecular weight excluding hydrogens is 197 g/mol. The van der Waals surface area contributed by atoms with Gasteiger partial charge in [-0.2, -0.15) is 11.8 Å². The average molecular weight is 211 g/mol. The number of benzene rings is 1. The number of nitrogens with one attached hydrogen (secondary N) is 1. The highest BCUT2D eigenvalue weighted by atomic mass is 32.2. The Balaban J connectivity index is 1.88. The lowest BCUT2D eigenvalue weighted by molar-refractivity contribution is 0.534. The van der Waals surface area contributed by atoms with E-state index in [1.807, 2.05) is 23.9 Å². The Bertz CT molecular complexity index is 297. The predicted molar refractivity (Wildman–Crippen MR) is 59.0 cm³/mol. The van der Waals surface area contributed by atoms with Gasteiger partial charge in [-0.1, -0.05) is 18.2 Å². The zero-order valence-corrected chi connectivity index (χ0v) is 8.82. The standard InChI is InChI=1S/C11H14FNS/c12-11-4-2-1-3-9(11)7-13-10-5-6-14-8-10/h1-4,10,13H,5-8H2. The molecule has 1 aliphatic heterocycles. The minimum absolute atomic E-state index is 0.106. The van der Waals surface area contributed by atoms with Crippen molar-refractivity contribution in [1.29, 1.82) is 0 Å². The third-order valence-electron chi connectivity index (χ3n) is 2.47. The summed E-state index contributed by atoms with van der Waals surface area (Å²) in [6.45, 7) is 0.651. The third kappa shape index (κ3) is 2.49. The summed E-state index contributed by atoms with van der Waals surface area (Å²) in [5, 5.41) is 3.38. The van der Waals surface area contributed by atoms with Crippen LogP contribution >= 0.6 is 11.8 Å². The Hall–Kier alpha value is -0.540. The van der Waals surface area contributed by atoms with Gasteiger partial charge >= 0.3 is 0 Å². The van der Waals surface area contributed by atoms with Gasteiger partial charge in [0.1, 0.15) is 5.82 Å². The van der Waals surface area contributed by atoms with E-state index in [-0.39, 0.29) is 5.82 Å². The smallest absolute Gasteiger partial charge is 0.127 e. The van der Waals surface area contributed by atoms with Gasteiger partial charge in [0.15, 0.2) is 0 Å². The molecule has 1 aromatic rings. The van der Waals surface area contributed by atoms with E-state index in [1.54, 1.807) is 6.07 Å². The molecule has 1 unspecified atom stereocenters. The predicted octanol–water partition coefficient (Wildman–Crippen LogP) is 2.42. The van der Waals surface area contributed by atoms with E-state index in [2.05, 4.69) is 5.32 Å². The van der Waals surface area contributed by atoms with Crippen molar-refractivity contribution in [3.05, 3.63) is 35.6 Å². The van der Waals surface area contributed by atoms with Gasteiger partial charge in [0.2, 0.25) is 0 Å². The molecule has 1 heterocycles. The number of hydrogen-bond acceptors (Lipinski definition) is 2. The molecule has 0 radical (unpaired) electrons. The minimum Gasteiger partial charge on any atom is -0.309 e. The Labute approximate surface area is 88.1 Å². The summed E-state index contributed by atoms with van der Waals surface area (Å²) in [7, 11) is 0. The van der Waals surface area contributed by atoms with Crippen molar-refractivity contribution in [3.8, 4) is 0 Å². The van der Waals surface area contributed by atoms with Crippen molar-refractivity contribution >= 4 is 11.8 Å². The molecule has 3 heteroatoms. The zero-order chi connectivity index (χ0) is 9.80. The molecule has 76 valence electrons. The first-order chi connectivity index (χ1) is 6.86. The number of thioether (sulfide) groups is 1. The molecule has 0 bridgehead atoms. The van der Waals surface area contributed by atoms with E-state index < -0.39 is 0 Å². The van der Waals surface area contributed by atoms with E-state index in [4.69, 9.17) is 0 Å². The van der Waals surface area contributed by atoms with Crippen LogP contribution in [0.25, 0.3) is 0 Å². The highest BCUT2D eigenvalue weighted by molar-refractivity contribution is 7.99. The molecule has 0 spiro atoms. The van der Waals surface area contributed by atoms with E-state index in [9.17, 15) is 4.39 Å². The first-order valence-electron chi connectivity index (χ1n) is 4.91. The van der Waals surface area contributed by atoms with Crippen LogP contribution < -0.4 is 5.32 Å². The normalized spacial score (nSPS) is 21.4. The molecule has 0 amide bonds. The van der Waals surface area contributed by atoms with Crippen molar-refractivity contribution < 1.29 is 4.39 Å². The second-order valence-corrected chi connectivity index (χ2v) is 4.68. The van der Waals surface area contributed by atoms with Gasteiger partial charge in [-0.25, -0.2) is 4.39 Å². The highest BCUT2D eigenvalue weighted by Crippen LogP contribution is 2.17. The molecule has 1 fully saturated rings. The second-order valence-electron chi connectivity index (χ2n) is 3.53. The Kier molecular flexibility index (Phi) is 3.43. The van der Waals surface area contributed by atoms with Crippen molar-refractivity contribution in [3.63, 3.8) is 0 Å². The van der Waals surface area contributed by atoms with E-state index >= 15 is 0 Å². The van der Waals surface area contributed by atoms with Gasteiger partial charge < -0.3 is 5.32 Å². The number of rotatable bonds is 3. The summed E-state index contributed by atoms with van der Waals surface area (Å²) in [5.74, 6) is 2.29. The third-order valence-corrected chi connectivity index (χ3v) is 3.63. The molecule has 2 rings (SSSR count). The molecule has 1 aliphatic rings. The second kappa shape index (κ2) is 4.80. The van der Waals surface area contributed by atoms with Crippen LogP contribution in [0.1, 0.15) is 12.0 Å². The SMILES string of the molecule is Fc1ccccc1CNC1CCSC1. The summed E-state index contributed by atoms with van der Waals surface area (Å²) < 4.78 is 13.2. The Morgan fingerprint density at radius 1 is 1.43 bits per heavy atom. The maximum atomic E-state index is 13.2. The summed E-state index contributed by atoms with van der Waals surface area (Å²) in [5.41, 5.74) is 0.768. The van der Waals surface area contributed by atoms with Crippen molar-refractivity contribution in [2.24, 2.45) is 0 Å². The van der Waals surface area contributed by atoms with Crippen molar-refractivity contribution in [1.82, 2.24) is 5.32 Å². The topological polar surface area (TPSA) is 12.0 Å².